The smallest absolute Gasteiger partial charge is 0.0923 e. The minimum Gasteiger partial charge on any atom is -0.351 e. The van der Waals surface area contributed by atoms with Gasteiger partial charge in [0.2, 0.25) is 0 Å². The van der Waals surface area contributed by atoms with Gasteiger partial charge in [0, 0.05) is 18.8 Å². The number of nitrogens with one attached hydrogen (secondary N) is 2. The van der Waals surface area contributed by atoms with Crippen LogP contribution >= 0.6 is 24.8 Å². The number of benzene rings is 1. The van der Waals surface area contributed by atoms with Crippen molar-refractivity contribution in [2.75, 3.05) is 0 Å². The molecule has 2 N–H and O–H groups in total. The Balaban J connectivity index is 0.00000110. The van der Waals surface area contributed by atoms with Crippen LogP contribution in [0.3, 0.4) is 0 Å². The van der Waals surface area contributed by atoms with Crippen LogP contribution in [0.25, 0.3) is 6.08 Å². The highest BCUT2D eigenvalue weighted by Crippen LogP contribution is 2.38. The number of imidazole rings is 1. The summed E-state index contributed by atoms with van der Waals surface area (Å²) in [5.74, 6) is 0.680. The van der Waals surface area contributed by atoms with E-state index in [4.69, 9.17) is 0 Å². The maximum Gasteiger partial charge on any atom is 0.0923 e. The number of halogens is 2. The molecule has 0 radical (unpaired) electrons. The maximum atomic E-state index is 4.22. The molecule has 0 saturated heterocycles. The van der Waals surface area contributed by atoms with Gasteiger partial charge < -0.3 is 10.3 Å². The van der Waals surface area contributed by atoms with E-state index in [1.807, 2.05) is 6.20 Å². The standard InChI is InChI=1S/C16H19N3.2ClH/c1-12(7-13-5-3-2-4-6-13)15-8-16(15)18-10-14-9-17-11-19-14;;/h2-7,9,11,15-16,18H,8,10H2,1H3,(H,17,19);2*1H. The second-order valence-electron chi connectivity index (χ2n) is 5.19. The molecule has 2 unspecified atom stereocenters. The zero-order valence-electron chi connectivity index (χ0n) is 12.0. The number of aromatic amines is 1. The second kappa shape index (κ2) is 8.23. The van der Waals surface area contributed by atoms with E-state index in [2.05, 4.69) is 58.6 Å². The Bertz CT molecular complexity index is 552. The molecule has 1 aliphatic rings. The average Bonchev–Trinajstić information content (AvgIpc) is 3.03. The lowest BCUT2D eigenvalue weighted by atomic mass is 10.1. The molecule has 2 atom stereocenters. The predicted molar refractivity (Wildman–Crippen MR) is 91.9 cm³/mol. The fourth-order valence-electron chi connectivity index (χ4n) is 2.47. The van der Waals surface area contributed by atoms with Crippen LogP contribution in [0.1, 0.15) is 24.6 Å². The fourth-order valence-corrected chi connectivity index (χ4v) is 2.47. The van der Waals surface area contributed by atoms with Gasteiger partial charge in [-0.1, -0.05) is 42.0 Å². The first-order chi connectivity index (χ1) is 9.33. The van der Waals surface area contributed by atoms with E-state index in [1.165, 1.54) is 17.6 Å². The third kappa shape index (κ3) is 4.88. The molecule has 0 bridgehead atoms. The van der Waals surface area contributed by atoms with Crippen molar-refractivity contribution in [3.63, 3.8) is 0 Å². The molecule has 1 saturated carbocycles. The van der Waals surface area contributed by atoms with Gasteiger partial charge in [-0.15, -0.1) is 24.8 Å². The molecular weight excluding hydrogens is 305 g/mol. The van der Waals surface area contributed by atoms with Crippen molar-refractivity contribution >= 4 is 30.9 Å². The van der Waals surface area contributed by atoms with Crippen molar-refractivity contribution in [1.29, 1.82) is 0 Å². The number of aromatic nitrogens is 2. The summed E-state index contributed by atoms with van der Waals surface area (Å²) in [5.41, 5.74) is 3.83. The molecule has 3 rings (SSSR count). The number of hydrogen-bond acceptors (Lipinski definition) is 2. The van der Waals surface area contributed by atoms with Crippen molar-refractivity contribution in [3.05, 3.63) is 59.7 Å². The molecular formula is C16H21Cl2N3. The molecule has 2 aromatic rings. The van der Waals surface area contributed by atoms with Gasteiger partial charge in [-0.2, -0.15) is 0 Å². The Morgan fingerprint density at radius 2 is 2.10 bits per heavy atom. The Labute approximate surface area is 138 Å². The summed E-state index contributed by atoms with van der Waals surface area (Å²) >= 11 is 0. The molecule has 0 spiro atoms. The van der Waals surface area contributed by atoms with Gasteiger partial charge in [0.1, 0.15) is 0 Å². The van der Waals surface area contributed by atoms with Gasteiger partial charge in [0.25, 0.3) is 0 Å². The summed E-state index contributed by atoms with van der Waals surface area (Å²) in [7, 11) is 0. The molecule has 0 amide bonds. The third-order valence-corrected chi connectivity index (χ3v) is 3.67. The van der Waals surface area contributed by atoms with E-state index in [0.29, 0.717) is 12.0 Å². The molecule has 1 aromatic heterocycles. The minimum absolute atomic E-state index is 0. The average molecular weight is 326 g/mol. The normalized spacial score (nSPS) is 20.3. The summed E-state index contributed by atoms with van der Waals surface area (Å²) in [4.78, 5) is 7.20. The van der Waals surface area contributed by atoms with Crippen molar-refractivity contribution in [2.45, 2.75) is 25.9 Å². The van der Waals surface area contributed by atoms with Crippen molar-refractivity contribution in [2.24, 2.45) is 5.92 Å². The van der Waals surface area contributed by atoms with Gasteiger partial charge in [0.05, 0.1) is 12.0 Å². The molecule has 21 heavy (non-hydrogen) atoms. The lowest BCUT2D eigenvalue weighted by molar-refractivity contribution is 0.651. The highest BCUT2D eigenvalue weighted by atomic mass is 35.5. The molecule has 114 valence electrons. The SMILES string of the molecule is CC(=Cc1ccccc1)C1CC1NCc1c[nH]cn1.Cl.Cl. The van der Waals surface area contributed by atoms with Crippen molar-refractivity contribution in [1.82, 2.24) is 15.3 Å². The maximum absolute atomic E-state index is 4.22. The zero-order chi connectivity index (χ0) is 13.1. The van der Waals surface area contributed by atoms with E-state index in [-0.39, 0.29) is 24.8 Å². The van der Waals surface area contributed by atoms with Crippen LogP contribution in [0, 0.1) is 5.92 Å². The Kier molecular flexibility index (Phi) is 6.96. The number of nitrogens with zero attached hydrogens (tertiary/aromatic N) is 1. The van der Waals surface area contributed by atoms with Gasteiger partial charge in [-0.25, -0.2) is 4.98 Å². The molecule has 5 heteroatoms. The van der Waals surface area contributed by atoms with Crippen LogP contribution in [0.4, 0.5) is 0 Å². The first-order valence-corrected chi connectivity index (χ1v) is 6.77. The van der Waals surface area contributed by atoms with Crippen LogP contribution in [-0.4, -0.2) is 16.0 Å². The Morgan fingerprint density at radius 1 is 1.33 bits per heavy atom. The van der Waals surface area contributed by atoms with Gasteiger partial charge in [-0.05, 0) is 24.8 Å². The first-order valence-electron chi connectivity index (χ1n) is 6.77. The van der Waals surface area contributed by atoms with Crippen LogP contribution in [0.2, 0.25) is 0 Å². The highest BCUT2D eigenvalue weighted by Gasteiger charge is 2.37. The van der Waals surface area contributed by atoms with E-state index < -0.39 is 0 Å². The van der Waals surface area contributed by atoms with E-state index in [1.54, 1.807) is 6.33 Å². The quantitative estimate of drug-likeness (QED) is 0.876. The molecule has 1 aromatic carbocycles. The summed E-state index contributed by atoms with van der Waals surface area (Å²) < 4.78 is 0. The number of H-pyrrole nitrogens is 1. The van der Waals surface area contributed by atoms with E-state index in [9.17, 15) is 0 Å². The van der Waals surface area contributed by atoms with Crippen LogP contribution < -0.4 is 5.32 Å². The molecule has 1 fully saturated rings. The monoisotopic (exact) mass is 325 g/mol. The van der Waals surface area contributed by atoms with Crippen LogP contribution in [0.15, 0.2) is 48.4 Å². The topological polar surface area (TPSA) is 40.7 Å². The predicted octanol–water partition coefficient (Wildman–Crippen LogP) is 3.83. The Hall–Kier alpha value is -1.29. The molecule has 1 heterocycles. The van der Waals surface area contributed by atoms with E-state index in [0.717, 1.165) is 12.2 Å². The fraction of sp³-hybridized carbons (Fsp3) is 0.312. The van der Waals surface area contributed by atoms with Gasteiger partial charge in [-0.3, -0.25) is 0 Å². The van der Waals surface area contributed by atoms with Crippen LogP contribution in [-0.2, 0) is 6.54 Å². The van der Waals surface area contributed by atoms with E-state index >= 15 is 0 Å². The zero-order valence-corrected chi connectivity index (χ0v) is 13.6. The molecule has 0 aliphatic heterocycles. The summed E-state index contributed by atoms with van der Waals surface area (Å²) in [6.45, 7) is 3.08. The summed E-state index contributed by atoms with van der Waals surface area (Å²) in [5, 5.41) is 3.55. The summed E-state index contributed by atoms with van der Waals surface area (Å²) in [6, 6.07) is 11.1. The first kappa shape index (κ1) is 17.8. The molecule has 3 nitrogen and oxygen atoms in total. The third-order valence-electron chi connectivity index (χ3n) is 3.67. The lowest BCUT2D eigenvalue weighted by Crippen LogP contribution is -2.18. The molecule has 1 aliphatic carbocycles. The van der Waals surface area contributed by atoms with Gasteiger partial charge in [0.15, 0.2) is 0 Å². The Morgan fingerprint density at radius 3 is 2.76 bits per heavy atom. The van der Waals surface area contributed by atoms with Gasteiger partial charge >= 0.3 is 0 Å². The largest absolute Gasteiger partial charge is 0.351 e. The summed E-state index contributed by atoms with van der Waals surface area (Å²) in [6.07, 6.45) is 7.19. The highest BCUT2D eigenvalue weighted by molar-refractivity contribution is 5.85. The van der Waals surface area contributed by atoms with Crippen molar-refractivity contribution in [3.8, 4) is 0 Å². The lowest BCUT2D eigenvalue weighted by Gasteiger charge is -2.03. The number of hydrogen-bond donors (Lipinski definition) is 2. The minimum atomic E-state index is 0. The second-order valence-corrected chi connectivity index (χ2v) is 5.19. The number of rotatable bonds is 5. The van der Waals surface area contributed by atoms with Crippen LogP contribution in [0.5, 0.6) is 0 Å². The van der Waals surface area contributed by atoms with Crippen molar-refractivity contribution < 1.29 is 0 Å².